The maximum Gasteiger partial charge on any atom is -0.0158 e. The molecule has 0 N–H and O–H groups in total. The van der Waals surface area contributed by atoms with Crippen molar-refractivity contribution in [3.63, 3.8) is 0 Å². The third kappa shape index (κ3) is 1.62. The Balaban J connectivity index is 2.74. The second-order valence-electron chi connectivity index (χ2n) is 2.67. The minimum Gasteiger partial charge on any atom is -0.148 e. The van der Waals surface area contributed by atoms with Gasteiger partial charge >= 0.3 is 0 Å². The first-order valence-corrected chi connectivity index (χ1v) is 3.71. The Hall–Kier alpha value is -0.170. The molecule has 0 radical (unpaired) electrons. The van der Waals surface area contributed by atoms with Crippen LogP contribution in [0.2, 0.25) is 0 Å². The fourth-order valence-electron chi connectivity index (χ4n) is 0.935. The van der Waals surface area contributed by atoms with E-state index in [1.165, 1.54) is 10.5 Å². The monoisotopic (exact) mass is 140 g/mol. The first-order chi connectivity index (χ1) is 4.20. The van der Waals surface area contributed by atoms with E-state index in [-0.39, 0.29) is 0 Å². The second-order valence-corrected chi connectivity index (χ2v) is 3.25. The highest BCUT2D eigenvalue weighted by atomic mass is 32.1. The molecule has 0 unspecified atom stereocenters. The quantitative estimate of drug-likeness (QED) is 0.491. The van der Waals surface area contributed by atoms with Gasteiger partial charge in [0, 0.05) is 0 Å². The van der Waals surface area contributed by atoms with Crippen LogP contribution in [0.25, 0.3) is 0 Å². The van der Waals surface area contributed by atoms with E-state index in [0.29, 0.717) is 5.92 Å². The molecule has 1 aliphatic rings. The van der Waals surface area contributed by atoms with E-state index in [9.17, 15) is 0 Å². The first kappa shape index (κ1) is 6.94. The SMILES string of the molecule is CC1=CC=C(S)C[C@@H]1C. The summed E-state index contributed by atoms with van der Waals surface area (Å²) in [5.41, 5.74) is 1.47. The van der Waals surface area contributed by atoms with Gasteiger partial charge in [-0.25, -0.2) is 0 Å². The van der Waals surface area contributed by atoms with Crippen molar-refractivity contribution >= 4 is 12.6 Å². The van der Waals surface area contributed by atoms with E-state index in [1.807, 2.05) is 0 Å². The van der Waals surface area contributed by atoms with Crippen molar-refractivity contribution in [3.05, 3.63) is 22.6 Å². The van der Waals surface area contributed by atoms with Gasteiger partial charge in [0.2, 0.25) is 0 Å². The normalized spacial score (nSPS) is 27.2. The van der Waals surface area contributed by atoms with Gasteiger partial charge in [-0.2, -0.15) is 0 Å². The van der Waals surface area contributed by atoms with Crippen molar-refractivity contribution in [1.29, 1.82) is 0 Å². The molecule has 9 heavy (non-hydrogen) atoms. The Morgan fingerprint density at radius 3 is 2.67 bits per heavy atom. The zero-order valence-electron chi connectivity index (χ0n) is 5.89. The van der Waals surface area contributed by atoms with Gasteiger partial charge < -0.3 is 0 Å². The van der Waals surface area contributed by atoms with Gasteiger partial charge in [-0.3, -0.25) is 0 Å². The van der Waals surface area contributed by atoms with E-state index >= 15 is 0 Å². The molecule has 0 amide bonds. The van der Waals surface area contributed by atoms with Crippen LogP contribution in [0.4, 0.5) is 0 Å². The third-order valence-electron chi connectivity index (χ3n) is 1.83. The largest absolute Gasteiger partial charge is 0.148 e. The molecule has 0 bridgehead atoms. The number of allylic oxidation sites excluding steroid dienone is 4. The lowest BCUT2D eigenvalue weighted by atomic mass is 9.95. The van der Waals surface area contributed by atoms with Gasteiger partial charge in [-0.15, -0.1) is 12.6 Å². The average molecular weight is 140 g/mol. The third-order valence-corrected chi connectivity index (χ3v) is 2.16. The van der Waals surface area contributed by atoms with Crippen LogP contribution in [0, 0.1) is 5.92 Å². The maximum atomic E-state index is 4.28. The van der Waals surface area contributed by atoms with Crippen molar-refractivity contribution in [3.8, 4) is 0 Å². The molecule has 0 saturated carbocycles. The van der Waals surface area contributed by atoms with Gasteiger partial charge in [0.25, 0.3) is 0 Å². The summed E-state index contributed by atoms with van der Waals surface area (Å²) < 4.78 is 0. The average Bonchev–Trinajstić information content (AvgIpc) is 1.80. The van der Waals surface area contributed by atoms with Crippen LogP contribution in [0.1, 0.15) is 20.3 Å². The van der Waals surface area contributed by atoms with Crippen molar-refractivity contribution in [1.82, 2.24) is 0 Å². The Bertz CT molecular complexity index is 165. The van der Waals surface area contributed by atoms with Crippen LogP contribution >= 0.6 is 12.6 Å². The molecule has 50 valence electrons. The molecule has 0 aromatic heterocycles. The Morgan fingerprint density at radius 1 is 1.56 bits per heavy atom. The molecule has 1 rings (SSSR count). The summed E-state index contributed by atoms with van der Waals surface area (Å²) in [6.07, 6.45) is 5.35. The van der Waals surface area contributed by atoms with Crippen LogP contribution < -0.4 is 0 Å². The molecule has 0 fully saturated rings. The fraction of sp³-hybridized carbons (Fsp3) is 0.500. The van der Waals surface area contributed by atoms with Crippen molar-refractivity contribution in [2.24, 2.45) is 5.92 Å². The molecule has 0 saturated heterocycles. The predicted octanol–water partition coefficient (Wildman–Crippen LogP) is 2.79. The van der Waals surface area contributed by atoms with Crippen LogP contribution in [0.5, 0.6) is 0 Å². The summed E-state index contributed by atoms with van der Waals surface area (Å²) in [5.74, 6) is 0.697. The molecular formula is C8H12S. The van der Waals surface area contributed by atoms with Crippen LogP contribution in [0.15, 0.2) is 22.6 Å². The number of rotatable bonds is 0. The minimum atomic E-state index is 0.697. The molecule has 0 heterocycles. The lowest BCUT2D eigenvalue weighted by Gasteiger charge is -2.15. The topological polar surface area (TPSA) is 0 Å². The number of hydrogen-bond acceptors (Lipinski definition) is 1. The Morgan fingerprint density at radius 2 is 2.22 bits per heavy atom. The molecular weight excluding hydrogens is 128 g/mol. The van der Waals surface area contributed by atoms with E-state index < -0.39 is 0 Å². The zero-order valence-corrected chi connectivity index (χ0v) is 6.78. The smallest absolute Gasteiger partial charge is 0.0158 e. The summed E-state index contributed by atoms with van der Waals surface area (Å²) in [6.45, 7) is 4.40. The van der Waals surface area contributed by atoms with E-state index in [2.05, 4.69) is 38.6 Å². The summed E-state index contributed by atoms with van der Waals surface area (Å²) in [7, 11) is 0. The minimum absolute atomic E-state index is 0.697. The van der Waals surface area contributed by atoms with Crippen molar-refractivity contribution < 1.29 is 0 Å². The first-order valence-electron chi connectivity index (χ1n) is 3.26. The lowest BCUT2D eigenvalue weighted by molar-refractivity contribution is 0.681. The van der Waals surface area contributed by atoms with Crippen molar-refractivity contribution in [2.45, 2.75) is 20.3 Å². The fourth-order valence-corrected chi connectivity index (χ4v) is 1.28. The highest BCUT2D eigenvalue weighted by Crippen LogP contribution is 2.25. The molecule has 1 atom stereocenters. The summed E-state index contributed by atoms with van der Waals surface area (Å²) in [5, 5.41) is 0. The second kappa shape index (κ2) is 2.61. The number of thiol groups is 1. The van der Waals surface area contributed by atoms with Gasteiger partial charge in [0.15, 0.2) is 0 Å². The van der Waals surface area contributed by atoms with Crippen LogP contribution in [-0.2, 0) is 0 Å². The Kier molecular flexibility index (Phi) is 2.01. The van der Waals surface area contributed by atoms with Crippen molar-refractivity contribution in [2.75, 3.05) is 0 Å². The van der Waals surface area contributed by atoms with E-state index in [0.717, 1.165) is 6.42 Å². The van der Waals surface area contributed by atoms with Crippen LogP contribution in [0.3, 0.4) is 0 Å². The summed E-state index contributed by atoms with van der Waals surface area (Å²) in [4.78, 5) is 1.20. The molecule has 0 aromatic rings. The highest BCUT2D eigenvalue weighted by molar-refractivity contribution is 7.84. The molecule has 0 aromatic carbocycles. The van der Waals surface area contributed by atoms with Gasteiger partial charge in [0.05, 0.1) is 0 Å². The molecule has 0 nitrogen and oxygen atoms in total. The van der Waals surface area contributed by atoms with Gasteiger partial charge in [-0.1, -0.05) is 24.6 Å². The molecule has 1 aliphatic carbocycles. The molecule has 0 spiro atoms. The highest BCUT2D eigenvalue weighted by Gasteiger charge is 2.07. The summed E-state index contributed by atoms with van der Waals surface area (Å²) in [6, 6.07) is 0. The van der Waals surface area contributed by atoms with Gasteiger partial charge in [-0.05, 0) is 24.2 Å². The van der Waals surface area contributed by atoms with Gasteiger partial charge in [0.1, 0.15) is 0 Å². The molecule has 1 heteroatoms. The summed E-state index contributed by atoms with van der Waals surface area (Å²) >= 11 is 4.28. The maximum absolute atomic E-state index is 4.28. The van der Waals surface area contributed by atoms with E-state index in [4.69, 9.17) is 0 Å². The number of hydrogen-bond donors (Lipinski definition) is 1. The lowest BCUT2D eigenvalue weighted by Crippen LogP contribution is -1.99. The standard InChI is InChI=1S/C8H12S/c1-6-3-4-8(9)5-7(6)2/h3-4,7,9H,5H2,1-2H3/t7-/m0/s1. The van der Waals surface area contributed by atoms with Crippen LogP contribution in [-0.4, -0.2) is 0 Å². The predicted molar refractivity (Wildman–Crippen MR) is 44.6 cm³/mol. The molecule has 0 aliphatic heterocycles. The van der Waals surface area contributed by atoms with E-state index in [1.54, 1.807) is 0 Å². The zero-order chi connectivity index (χ0) is 6.85. The Labute approximate surface area is 62.1 Å².